The zero-order valence-corrected chi connectivity index (χ0v) is 16.9. The van der Waals surface area contributed by atoms with E-state index in [0.717, 1.165) is 41.2 Å². The van der Waals surface area contributed by atoms with Crippen LogP contribution in [0.1, 0.15) is 24.5 Å². The predicted octanol–water partition coefficient (Wildman–Crippen LogP) is 5.00. The van der Waals surface area contributed by atoms with Gasteiger partial charge in [-0.05, 0) is 57.0 Å². The second-order valence-corrected chi connectivity index (χ2v) is 7.49. The summed E-state index contributed by atoms with van der Waals surface area (Å²) in [4.78, 5) is 24.0. The van der Waals surface area contributed by atoms with Crippen molar-refractivity contribution in [3.05, 3.63) is 66.0 Å². The minimum absolute atomic E-state index is 0.00570. The number of hydrogen-bond donors (Lipinski definition) is 2. The minimum atomic E-state index is -0.189. The fourth-order valence-corrected chi connectivity index (χ4v) is 3.57. The van der Waals surface area contributed by atoms with E-state index in [4.69, 9.17) is 4.98 Å². The maximum absolute atomic E-state index is 13.3. The van der Waals surface area contributed by atoms with E-state index in [-0.39, 0.29) is 12.1 Å². The monoisotopic (exact) mass is 387 g/mol. The topological polar surface area (TPSA) is 70.2 Å². The molecule has 1 aliphatic rings. The molecule has 0 radical (unpaired) electrons. The molecule has 3 heterocycles. The third kappa shape index (κ3) is 3.92. The highest BCUT2D eigenvalue weighted by Crippen LogP contribution is 2.33. The maximum Gasteiger partial charge on any atom is 0.327 e. The molecule has 0 saturated carbocycles. The highest BCUT2D eigenvalue weighted by Gasteiger charge is 2.28. The Morgan fingerprint density at radius 2 is 2.07 bits per heavy atom. The van der Waals surface area contributed by atoms with E-state index in [9.17, 15) is 4.79 Å². The predicted molar refractivity (Wildman–Crippen MR) is 117 cm³/mol. The Hall–Kier alpha value is -3.41. The third-order valence-corrected chi connectivity index (χ3v) is 5.22. The summed E-state index contributed by atoms with van der Waals surface area (Å²) in [5, 5.41) is 6.44. The molecule has 1 aliphatic heterocycles. The second kappa shape index (κ2) is 7.91. The lowest BCUT2D eigenvalue weighted by Gasteiger charge is -2.28. The lowest BCUT2D eigenvalue weighted by Crippen LogP contribution is -2.42. The van der Waals surface area contributed by atoms with Crippen molar-refractivity contribution in [1.29, 1.82) is 0 Å². The van der Waals surface area contributed by atoms with Crippen molar-refractivity contribution < 1.29 is 4.79 Å². The Bertz CT molecular complexity index is 1050. The Morgan fingerprint density at radius 1 is 1.21 bits per heavy atom. The summed E-state index contributed by atoms with van der Waals surface area (Å²) in [5.41, 5.74) is 5.60. The van der Waals surface area contributed by atoms with E-state index in [2.05, 4.69) is 41.6 Å². The van der Waals surface area contributed by atoms with Crippen molar-refractivity contribution in [3.63, 3.8) is 0 Å². The number of benzene rings is 1. The SMILES string of the molecule is Cc1cccc(-c2ccc3c(n2)N(C(=O)Nc2ccncc2C)[C@H](C)CCN3)c1. The number of fused-ring (bicyclic) bond motifs is 1. The number of urea groups is 1. The summed E-state index contributed by atoms with van der Waals surface area (Å²) in [6, 6.07) is 13.9. The zero-order valence-electron chi connectivity index (χ0n) is 16.9. The van der Waals surface area contributed by atoms with Crippen LogP contribution in [0.25, 0.3) is 11.3 Å². The average molecular weight is 387 g/mol. The van der Waals surface area contributed by atoms with E-state index < -0.39 is 0 Å². The molecule has 4 rings (SSSR count). The van der Waals surface area contributed by atoms with Gasteiger partial charge in [0.15, 0.2) is 5.82 Å². The van der Waals surface area contributed by atoms with Crippen molar-refractivity contribution in [2.75, 3.05) is 22.1 Å². The lowest BCUT2D eigenvalue weighted by atomic mass is 10.1. The van der Waals surface area contributed by atoms with E-state index in [1.807, 2.05) is 37.3 Å². The fourth-order valence-electron chi connectivity index (χ4n) is 3.57. The summed E-state index contributed by atoms with van der Waals surface area (Å²) in [7, 11) is 0. The number of anilines is 3. The number of nitrogens with one attached hydrogen (secondary N) is 2. The van der Waals surface area contributed by atoms with Crippen LogP contribution < -0.4 is 15.5 Å². The van der Waals surface area contributed by atoms with E-state index in [0.29, 0.717) is 5.82 Å². The van der Waals surface area contributed by atoms with Gasteiger partial charge < -0.3 is 10.6 Å². The molecule has 2 aromatic heterocycles. The molecule has 0 aliphatic carbocycles. The van der Waals surface area contributed by atoms with Crippen molar-refractivity contribution in [3.8, 4) is 11.3 Å². The van der Waals surface area contributed by atoms with E-state index in [1.54, 1.807) is 17.3 Å². The molecule has 1 atom stereocenters. The number of aryl methyl sites for hydroxylation is 2. The van der Waals surface area contributed by atoms with E-state index in [1.165, 1.54) is 5.56 Å². The number of rotatable bonds is 2. The van der Waals surface area contributed by atoms with Crippen LogP contribution in [0.4, 0.5) is 22.0 Å². The number of pyridine rings is 2. The highest BCUT2D eigenvalue weighted by atomic mass is 16.2. The van der Waals surface area contributed by atoms with E-state index >= 15 is 0 Å². The molecule has 0 fully saturated rings. The van der Waals surface area contributed by atoms with Gasteiger partial charge >= 0.3 is 6.03 Å². The molecular formula is C23H25N5O. The van der Waals surface area contributed by atoms with Crippen LogP contribution in [0.3, 0.4) is 0 Å². The van der Waals surface area contributed by atoms with Gasteiger partial charge in [0.2, 0.25) is 0 Å². The molecule has 6 nitrogen and oxygen atoms in total. The van der Waals surface area contributed by atoms with Crippen LogP contribution in [-0.2, 0) is 0 Å². The zero-order chi connectivity index (χ0) is 20.4. The van der Waals surface area contributed by atoms with Gasteiger partial charge in [-0.25, -0.2) is 9.78 Å². The highest BCUT2D eigenvalue weighted by molar-refractivity contribution is 6.04. The Morgan fingerprint density at radius 3 is 2.86 bits per heavy atom. The molecular weight excluding hydrogens is 362 g/mol. The van der Waals surface area contributed by atoms with Crippen molar-refractivity contribution >= 4 is 23.2 Å². The van der Waals surface area contributed by atoms with Crippen LogP contribution >= 0.6 is 0 Å². The van der Waals surface area contributed by atoms with Gasteiger partial charge in [0.05, 0.1) is 11.4 Å². The van der Waals surface area contributed by atoms with Gasteiger partial charge in [0.25, 0.3) is 0 Å². The molecule has 3 aromatic rings. The summed E-state index contributed by atoms with van der Waals surface area (Å²) in [6.45, 7) is 6.83. The Kier molecular flexibility index (Phi) is 5.16. The first kappa shape index (κ1) is 18.9. The largest absolute Gasteiger partial charge is 0.382 e. The fraction of sp³-hybridized carbons (Fsp3) is 0.261. The molecule has 2 amide bonds. The number of nitrogens with zero attached hydrogens (tertiary/aromatic N) is 3. The second-order valence-electron chi connectivity index (χ2n) is 7.49. The first-order chi connectivity index (χ1) is 14.0. The van der Waals surface area contributed by atoms with Gasteiger partial charge in [-0.15, -0.1) is 0 Å². The van der Waals surface area contributed by atoms with Crippen molar-refractivity contribution in [2.45, 2.75) is 33.2 Å². The summed E-state index contributed by atoms with van der Waals surface area (Å²) in [5.74, 6) is 0.651. The third-order valence-electron chi connectivity index (χ3n) is 5.22. The van der Waals surface area contributed by atoms with Gasteiger partial charge in [-0.1, -0.05) is 23.8 Å². The molecule has 0 unspecified atom stereocenters. The van der Waals surface area contributed by atoms with Crippen LogP contribution in [0.2, 0.25) is 0 Å². The van der Waals surface area contributed by atoms with Crippen LogP contribution in [0.5, 0.6) is 0 Å². The van der Waals surface area contributed by atoms with Gasteiger partial charge in [-0.2, -0.15) is 0 Å². The summed E-state index contributed by atoms with van der Waals surface area (Å²) < 4.78 is 0. The lowest BCUT2D eigenvalue weighted by molar-refractivity contribution is 0.255. The van der Waals surface area contributed by atoms with Gasteiger partial charge in [-0.3, -0.25) is 9.88 Å². The first-order valence-corrected chi connectivity index (χ1v) is 9.86. The Balaban J connectivity index is 1.73. The molecule has 0 spiro atoms. The van der Waals surface area contributed by atoms with Crippen molar-refractivity contribution in [2.24, 2.45) is 0 Å². The number of amides is 2. The molecule has 6 heteroatoms. The number of carbonyl (C=O) groups is 1. The minimum Gasteiger partial charge on any atom is -0.382 e. The molecule has 1 aromatic carbocycles. The van der Waals surface area contributed by atoms with Gasteiger partial charge in [0.1, 0.15) is 0 Å². The first-order valence-electron chi connectivity index (χ1n) is 9.86. The Labute approximate surface area is 171 Å². The van der Waals surface area contributed by atoms with Crippen molar-refractivity contribution in [1.82, 2.24) is 9.97 Å². The van der Waals surface area contributed by atoms with Gasteiger partial charge in [0, 0.05) is 36.2 Å². The quantitative estimate of drug-likeness (QED) is 0.649. The number of hydrogen-bond acceptors (Lipinski definition) is 4. The summed E-state index contributed by atoms with van der Waals surface area (Å²) in [6.07, 6.45) is 4.25. The molecule has 148 valence electrons. The molecule has 0 saturated heterocycles. The van der Waals surface area contributed by atoms with Crippen LogP contribution in [-0.4, -0.2) is 28.6 Å². The number of carbonyl (C=O) groups excluding carboxylic acids is 1. The average Bonchev–Trinajstić information content (AvgIpc) is 2.87. The standard InChI is InChI=1S/C23H25N5O/c1-15-5-4-6-18(13-15)20-7-8-21-22(26-20)28(17(3)9-12-25-21)23(29)27-19-10-11-24-14-16(19)2/h4-8,10-11,13-14,17,25H,9,12H2,1-3H3,(H,24,27,29)/t17-/m1/s1. The van der Waals surface area contributed by atoms with Crippen LogP contribution in [0.15, 0.2) is 54.9 Å². The maximum atomic E-state index is 13.3. The normalized spacial score (nSPS) is 15.8. The number of aromatic nitrogens is 2. The molecule has 0 bridgehead atoms. The smallest absolute Gasteiger partial charge is 0.327 e. The molecule has 29 heavy (non-hydrogen) atoms. The van der Waals surface area contributed by atoms with Crippen LogP contribution in [0, 0.1) is 13.8 Å². The summed E-state index contributed by atoms with van der Waals surface area (Å²) >= 11 is 0. The molecule has 2 N–H and O–H groups in total.